The maximum atomic E-state index is 13.1. The van der Waals surface area contributed by atoms with Gasteiger partial charge in [0, 0.05) is 11.3 Å². The van der Waals surface area contributed by atoms with Gasteiger partial charge < -0.3 is 10.1 Å². The second kappa shape index (κ2) is 7.37. The zero-order chi connectivity index (χ0) is 15.2. The van der Waals surface area contributed by atoms with E-state index in [-0.39, 0.29) is 11.5 Å². The van der Waals surface area contributed by atoms with Gasteiger partial charge in [0.05, 0.1) is 12.9 Å². The molecule has 0 atom stereocenters. The Morgan fingerprint density at radius 2 is 2.10 bits per heavy atom. The predicted octanol–water partition coefficient (Wildman–Crippen LogP) is 2.75. The SMILES string of the molecule is COc1ccc(F)cc1CSCC(=O)NCC(F)(F)F. The van der Waals surface area contributed by atoms with E-state index in [1.54, 1.807) is 5.32 Å². The standard InChI is InChI=1S/C12H13F4NO2S/c1-19-10-3-2-9(13)4-8(10)5-20-6-11(18)17-7-12(14,15)16/h2-4H,5-7H2,1H3,(H,17,18). The van der Waals surface area contributed by atoms with Gasteiger partial charge >= 0.3 is 6.18 Å². The Labute approximate surface area is 117 Å². The average molecular weight is 311 g/mol. The average Bonchev–Trinajstić information content (AvgIpc) is 2.36. The lowest BCUT2D eigenvalue weighted by molar-refractivity contribution is -0.136. The van der Waals surface area contributed by atoms with E-state index >= 15 is 0 Å². The van der Waals surface area contributed by atoms with Crippen LogP contribution in [0.4, 0.5) is 17.6 Å². The molecule has 0 aliphatic carbocycles. The first-order valence-corrected chi connectivity index (χ1v) is 6.71. The van der Waals surface area contributed by atoms with E-state index in [4.69, 9.17) is 4.74 Å². The molecule has 1 aromatic rings. The number of amides is 1. The van der Waals surface area contributed by atoms with Gasteiger partial charge in [-0.3, -0.25) is 4.79 Å². The van der Waals surface area contributed by atoms with Crippen molar-refractivity contribution in [2.75, 3.05) is 19.4 Å². The summed E-state index contributed by atoms with van der Waals surface area (Å²) in [6.45, 7) is -1.35. The molecule has 1 amide bonds. The molecule has 112 valence electrons. The van der Waals surface area contributed by atoms with Crippen LogP contribution >= 0.6 is 11.8 Å². The topological polar surface area (TPSA) is 38.3 Å². The number of alkyl halides is 3. The normalized spacial score (nSPS) is 11.2. The van der Waals surface area contributed by atoms with Crippen LogP contribution in [0.2, 0.25) is 0 Å². The highest BCUT2D eigenvalue weighted by molar-refractivity contribution is 7.99. The van der Waals surface area contributed by atoms with Crippen molar-refractivity contribution in [3.05, 3.63) is 29.6 Å². The molecule has 1 rings (SSSR count). The van der Waals surface area contributed by atoms with Gasteiger partial charge in [-0.15, -0.1) is 11.8 Å². The summed E-state index contributed by atoms with van der Waals surface area (Å²) in [5.74, 6) is -0.573. The Bertz CT molecular complexity index is 465. The fourth-order valence-corrected chi connectivity index (χ4v) is 2.20. The molecule has 0 bridgehead atoms. The first-order valence-electron chi connectivity index (χ1n) is 5.55. The summed E-state index contributed by atoms with van der Waals surface area (Å²) in [6.07, 6.45) is -4.42. The van der Waals surface area contributed by atoms with Crippen LogP contribution in [0.25, 0.3) is 0 Å². The molecule has 20 heavy (non-hydrogen) atoms. The van der Waals surface area contributed by atoms with Gasteiger partial charge in [0.2, 0.25) is 5.91 Å². The van der Waals surface area contributed by atoms with Gasteiger partial charge in [-0.2, -0.15) is 13.2 Å². The fourth-order valence-electron chi connectivity index (χ4n) is 1.36. The smallest absolute Gasteiger partial charge is 0.405 e. The van der Waals surface area contributed by atoms with Crippen LogP contribution < -0.4 is 10.1 Å². The minimum Gasteiger partial charge on any atom is -0.496 e. The number of halogens is 4. The van der Waals surface area contributed by atoms with Gasteiger partial charge in [0.15, 0.2) is 0 Å². The molecule has 0 aromatic heterocycles. The van der Waals surface area contributed by atoms with Gasteiger partial charge in [-0.1, -0.05) is 0 Å². The van der Waals surface area contributed by atoms with Crippen molar-refractivity contribution in [3.8, 4) is 5.75 Å². The number of benzene rings is 1. The van der Waals surface area contributed by atoms with Crippen LogP contribution in [0.5, 0.6) is 5.75 Å². The third-order valence-electron chi connectivity index (χ3n) is 2.22. The molecule has 1 aromatic carbocycles. The molecule has 0 saturated carbocycles. The largest absolute Gasteiger partial charge is 0.496 e. The summed E-state index contributed by atoms with van der Waals surface area (Å²) in [5, 5.41) is 1.76. The van der Waals surface area contributed by atoms with Crippen molar-refractivity contribution in [2.24, 2.45) is 0 Å². The molecule has 0 spiro atoms. The summed E-state index contributed by atoms with van der Waals surface area (Å²) in [7, 11) is 1.43. The van der Waals surface area contributed by atoms with Crippen molar-refractivity contribution in [1.29, 1.82) is 0 Å². The zero-order valence-corrected chi connectivity index (χ0v) is 11.4. The molecular weight excluding hydrogens is 298 g/mol. The minimum atomic E-state index is -4.42. The molecular formula is C12H13F4NO2S. The van der Waals surface area contributed by atoms with Gasteiger partial charge in [-0.05, 0) is 18.2 Å². The lowest BCUT2D eigenvalue weighted by Gasteiger charge is -2.09. The van der Waals surface area contributed by atoms with Crippen LogP contribution in [-0.2, 0) is 10.5 Å². The molecule has 1 N–H and O–H groups in total. The number of hydrogen-bond acceptors (Lipinski definition) is 3. The molecule has 8 heteroatoms. The molecule has 0 aliphatic heterocycles. The quantitative estimate of drug-likeness (QED) is 0.821. The van der Waals surface area contributed by atoms with Crippen LogP contribution in [0.15, 0.2) is 18.2 Å². The van der Waals surface area contributed by atoms with Crippen molar-refractivity contribution in [3.63, 3.8) is 0 Å². The lowest BCUT2D eigenvalue weighted by atomic mass is 10.2. The Morgan fingerprint density at radius 3 is 2.70 bits per heavy atom. The van der Waals surface area contributed by atoms with E-state index in [1.807, 2.05) is 0 Å². The van der Waals surface area contributed by atoms with Crippen molar-refractivity contribution in [1.82, 2.24) is 5.32 Å². The second-order valence-corrected chi connectivity index (χ2v) is 4.83. The van der Waals surface area contributed by atoms with E-state index in [2.05, 4.69) is 0 Å². The van der Waals surface area contributed by atoms with Gasteiger partial charge in [0.25, 0.3) is 0 Å². The number of ether oxygens (including phenoxy) is 1. The highest BCUT2D eigenvalue weighted by Gasteiger charge is 2.27. The minimum absolute atomic E-state index is 0.143. The molecule has 0 aliphatic rings. The van der Waals surface area contributed by atoms with Crippen molar-refractivity contribution in [2.45, 2.75) is 11.9 Å². The number of carbonyl (C=O) groups excluding carboxylic acids is 1. The Balaban J connectivity index is 2.41. The maximum Gasteiger partial charge on any atom is 0.405 e. The van der Waals surface area contributed by atoms with Crippen molar-refractivity contribution < 1.29 is 27.1 Å². The van der Waals surface area contributed by atoms with Crippen LogP contribution in [0.1, 0.15) is 5.56 Å². The Kier molecular flexibility index (Phi) is 6.12. The first-order chi connectivity index (χ1) is 9.31. The maximum absolute atomic E-state index is 13.1. The summed E-state index contributed by atoms with van der Waals surface area (Å²) < 4.78 is 53.7. The zero-order valence-electron chi connectivity index (χ0n) is 10.6. The Morgan fingerprint density at radius 1 is 1.40 bits per heavy atom. The summed E-state index contributed by atoms with van der Waals surface area (Å²) in [4.78, 5) is 11.2. The second-order valence-electron chi connectivity index (χ2n) is 3.84. The highest BCUT2D eigenvalue weighted by Crippen LogP contribution is 2.24. The van der Waals surface area contributed by atoms with Gasteiger partial charge in [-0.25, -0.2) is 4.39 Å². The van der Waals surface area contributed by atoms with E-state index in [9.17, 15) is 22.4 Å². The molecule has 0 fully saturated rings. The van der Waals surface area contributed by atoms with Gasteiger partial charge in [0.1, 0.15) is 18.1 Å². The third kappa shape index (κ3) is 6.14. The summed E-state index contributed by atoms with van der Waals surface area (Å²) in [6, 6.07) is 3.96. The summed E-state index contributed by atoms with van der Waals surface area (Å²) in [5.41, 5.74) is 0.543. The van der Waals surface area contributed by atoms with E-state index in [1.165, 1.54) is 25.3 Å². The highest BCUT2D eigenvalue weighted by atomic mass is 32.2. The molecule has 0 unspecified atom stereocenters. The third-order valence-corrected chi connectivity index (χ3v) is 3.20. The number of thioether (sulfide) groups is 1. The first kappa shape index (κ1) is 16.6. The van der Waals surface area contributed by atoms with E-state index in [0.717, 1.165) is 11.8 Å². The van der Waals surface area contributed by atoms with Crippen LogP contribution in [-0.4, -0.2) is 31.5 Å². The van der Waals surface area contributed by atoms with E-state index in [0.29, 0.717) is 11.3 Å². The molecule has 0 radical (unpaired) electrons. The van der Waals surface area contributed by atoms with Crippen molar-refractivity contribution >= 4 is 17.7 Å². The van der Waals surface area contributed by atoms with Crippen LogP contribution in [0, 0.1) is 5.82 Å². The lowest BCUT2D eigenvalue weighted by Crippen LogP contribution is -2.34. The number of methoxy groups -OCH3 is 1. The number of rotatable bonds is 6. The van der Waals surface area contributed by atoms with Crippen LogP contribution in [0.3, 0.4) is 0 Å². The number of carbonyl (C=O) groups is 1. The number of hydrogen-bond donors (Lipinski definition) is 1. The fraction of sp³-hybridized carbons (Fsp3) is 0.417. The summed E-state index contributed by atoms with van der Waals surface area (Å²) >= 11 is 1.08. The monoisotopic (exact) mass is 311 g/mol. The molecule has 0 heterocycles. The molecule has 0 saturated heterocycles. The Hall–Kier alpha value is -1.44. The molecule has 3 nitrogen and oxygen atoms in total. The van der Waals surface area contributed by atoms with E-state index < -0.39 is 24.4 Å². The predicted molar refractivity (Wildman–Crippen MR) is 68.2 cm³/mol. The number of nitrogens with one attached hydrogen (secondary N) is 1.